The van der Waals surface area contributed by atoms with Crippen LogP contribution < -0.4 is 0 Å². The third kappa shape index (κ3) is 3.73. The Kier molecular flexibility index (Phi) is 5.17. The van der Waals surface area contributed by atoms with Gasteiger partial charge in [0.2, 0.25) is 5.91 Å². The van der Waals surface area contributed by atoms with Crippen molar-refractivity contribution in [1.82, 2.24) is 14.5 Å². The van der Waals surface area contributed by atoms with Gasteiger partial charge in [-0.2, -0.15) is 0 Å². The molecule has 2 heterocycles. The largest absolute Gasteiger partial charge is 0.339 e. The molecule has 2 aromatic carbocycles. The molecular weight excluding hydrogens is 426 g/mol. The van der Waals surface area contributed by atoms with E-state index in [4.69, 9.17) is 4.98 Å². The number of halogens is 1. The van der Waals surface area contributed by atoms with E-state index in [9.17, 15) is 4.79 Å². The van der Waals surface area contributed by atoms with E-state index in [1.54, 1.807) is 0 Å². The third-order valence-electron chi connectivity index (χ3n) is 6.48. The van der Waals surface area contributed by atoms with Gasteiger partial charge in [0.05, 0.1) is 11.0 Å². The van der Waals surface area contributed by atoms with Gasteiger partial charge in [0.15, 0.2) is 0 Å². The summed E-state index contributed by atoms with van der Waals surface area (Å²) in [6.07, 6.45) is 6.72. The summed E-state index contributed by atoms with van der Waals surface area (Å²) in [5.41, 5.74) is 3.41. The second kappa shape index (κ2) is 7.94. The van der Waals surface area contributed by atoms with Gasteiger partial charge in [0.1, 0.15) is 5.82 Å². The highest BCUT2D eigenvalue weighted by Gasteiger charge is 2.37. The Morgan fingerprint density at radius 1 is 1.00 bits per heavy atom. The zero-order chi connectivity index (χ0) is 19.8. The predicted molar refractivity (Wildman–Crippen MR) is 119 cm³/mol. The fourth-order valence-electron chi connectivity index (χ4n) is 4.99. The molecule has 3 aromatic rings. The smallest absolute Gasteiger partial charge is 0.223 e. The molecule has 1 amide bonds. The molecule has 1 unspecified atom stereocenters. The van der Waals surface area contributed by atoms with Crippen LogP contribution in [0.1, 0.15) is 55.8 Å². The number of benzene rings is 2. The van der Waals surface area contributed by atoms with Crippen molar-refractivity contribution < 1.29 is 4.79 Å². The molecule has 4 nitrogen and oxygen atoms in total. The van der Waals surface area contributed by atoms with Crippen LogP contribution in [-0.4, -0.2) is 32.9 Å². The molecule has 1 saturated carbocycles. The minimum Gasteiger partial charge on any atom is -0.339 e. The molecule has 1 aromatic heterocycles. The van der Waals surface area contributed by atoms with Gasteiger partial charge in [0, 0.05) is 35.9 Å². The molecule has 0 spiro atoms. The highest BCUT2D eigenvalue weighted by atomic mass is 79.9. The Labute approximate surface area is 180 Å². The van der Waals surface area contributed by atoms with Crippen LogP contribution in [-0.2, 0) is 11.3 Å². The number of amides is 1. The first-order chi connectivity index (χ1) is 14.2. The monoisotopic (exact) mass is 451 g/mol. The molecule has 1 aliphatic carbocycles. The maximum absolute atomic E-state index is 12.9. The molecule has 1 aliphatic heterocycles. The second-order valence-electron chi connectivity index (χ2n) is 8.41. The number of aromatic nitrogens is 2. The first-order valence-corrected chi connectivity index (χ1v) is 11.5. The van der Waals surface area contributed by atoms with Gasteiger partial charge < -0.3 is 9.47 Å². The Hall–Kier alpha value is -2.14. The predicted octanol–water partition coefficient (Wildman–Crippen LogP) is 5.50. The second-order valence-corrected chi connectivity index (χ2v) is 9.33. The third-order valence-corrected chi connectivity index (χ3v) is 7.01. The summed E-state index contributed by atoms with van der Waals surface area (Å²) in [6, 6.07) is 17.2. The van der Waals surface area contributed by atoms with Gasteiger partial charge in [-0.05, 0) is 42.7 Å². The highest BCUT2D eigenvalue weighted by molar-refractivity contribution is 9.10. The van der Waals surface area contributed by atoms with E-state index in [1.807, 2.05) is 6.07 Å². The standard InChI is InChI=1S/C24H26BrN3O/c25-19-12-10-17(11-13-19)15-28-22-9-5-4-8-21(22)26-24(28)18-14-23(29)27(16-18)20-6-2-1-3-7-20/h4-5,8-13,18,20H,1-3,6-7,14-16H2. The maximum atomic E-state index is 12.9. The van der Waals surface area contributed by atoms with E-state index in [-0.39, 0.29) is 5.92 Å². The normalized spacial score (nSPS) is 20.7. The fraction of sp³-hybridized carbons (Fsp3) is 0.417. The molecular formula is C24H26BrN3O. The zero-order valence-electron chi connectivity index (χ0n) is 16.6. The average molecular weight is 452 g/mol. The zero-order valence-corrected chi connectivity index (χ0v) is 18.1. The number of imidazole rings is 1. The summed E-state index contributed by atoms with van der Waals surface area (Å²) in [4.78, 5) is 20.0. The molecule has 5 heteroatoms. The van der Waals surface area contributed by atoms with Crippen molar-refractivity contribution in [2.24, 2.45) is 0 Å². The van der Waals surface area contributed by atoms with Crippen molar-refractivity contribution in [3.05, 3.63) is 64.4 Å². The molecule has 0 radical (unpaired) electrons. The molecule has 150 valence electrons. The van der Waals surface area contributed by atoms with Crippen LogP contribution in [0.15, 0.2) is 53.0 Å². The summed E-state index contributed by atoms with van der Waals surface area (Å²) < 4.78 is 3.41. The number of nitrogens with zero attached hydrogens (tertiary/aromatic N) is 3. The van der Waals surface area contributed by atoms with E-state index in [0.29, 0.717) is 18.4 Å². The molecule has 29 heavy (non-hydrogen) atoms. The topological polar surface area (TPSA) is 38.1 Å². The lowest BCUT2D eigenvalue weighted by Gasteiger charge is -2.31. The molecule has 1 saturated heterocycles. The van der Waals surface area contributed by atoms with Gasteiger partial charge in [-0.25, -0.2) is 4.98 Å². The van der Waals surface area contributed by atoms with Gasteiger partial charge in [-0.1, -0.05) is 59.5 Å². The van der Waals surface area contributed by atoms with E-state index in [0.717, 1.165) is 47.3 Å². The minimum absolute atomic E-state index is 0.173. The van der Waals surface area contributed by atoms with Crippen molar-refractivity contribution in [3.8, 4) is 0 Å². The van der Waals surface area contributed by atoms with Crippen molar-refractivity contribution in [2.75, 3.05) is 6.54 Å². The molecule has 1 atom stereocenters. The molecule has 2 aliphatic rings. The number of para-hydroxylation sites is 2. The van der Waals surface area contributed by atoms with Gasteiger partial charge >= 0.3 is 0 Å². The number of hydrogen-bond donors (Lipinski definition) is 0. The van der Waals surface area contributed by atoms with Crippen molar-refractivity contribution in [3.63, 3.8) is 0 Å². The van der Waals surface area contributed by atoms with Crippen molar-refractivity contribution in [2.45, 2.75) is 57.0 Å². The van der Waals surface area contributed by atoms with E-state index in [1.165, 1.54) is 24.8 Å². The maximum Gasteiger partial charge on any atom is 0.223 e. The SMILES string of the molecule is O=C1CC(c2nc3ccccc3n2Cc2ccc(Br)cc2)CN1C1CCCCC1. The van der Waals surface area contributed by atoms with Gasteiger partial charge in [-0.15, -0.1) is 0 Å². The summed E-state index contributed by atoms with van der Waals surface area (Å²) in [5, 5.41) is 0. The van der Waals surface area contributed by atoms with Gasteiger partial charge in [-0.3, -0.25) is 4.79 Å². The van der Waals surface area contributed by atoms with Crippen LogP contribution in [0.4, 0.5) is 0 Å². The number of fused-ring (bicyclic) bond motifs is 1. The first-order valence-electron chi connectivity index (χ1n) is 10.7. The number of likely N-dealkylation sites (tertiary alicyclic amines) is 1. The first kappa shape index (κ1) is 18.9. The minimum atomic E-state index is 0.173. The van der Waals surface area contributed by atoms with Crippen LogP contribution in [0, 0.1) is 0 Å². The Morgan fingerprint density at radius 3 is 2.55 bits per heavy atom. The summed E-state index contributed by atoms with van der Waals surface area (Å²) >= 11 is 3.52. The molecule has 0 N–H and O–H groups in total. The number of carbonyl (C=O) groups is 1. The molecule has 5 rings (SSSR count). The summed E-state index contributed by atoms with van der Waals surface area (Å²) in [5.74, 6) is 1.54. The summed E-state index contributed by atoms with van der Waals surface area (Å²) in [7, 11) is 0. The lowest BCUT2D eigenvalue weighted by Crippen LogP contribution is -2.37. The number of rotatable bonds is 4. The lowest BCUT2D eigenvalue weighted by molar-refractivity contribution is -0.130. The van der Waals surface area contributed by atoms with Crippen molar-refractivity contribution in [1.29, 1.82) is 0 Å². The van der Waals surface area contributed by atoms with Crippen LogP contribution in [0.25, 0.3) is 11.0 Å². The van der Waals surface area contributed by atoms with Crippen LogP contribution in [0.5, 0.6) is 0 Å². The highest BCUT2D eigenvalue weighted by Crippen LogP contribution is 2.35. The van der Waals surface area contributed by atoms with E-state index >= 15 is 0 Å². The fourth-order valence-corrected chi connectivity index (χ4v) is 5.26. The lowest BCUT2D eigenvalue weighted by atomic mass is 9.94. The van der Waals surface area contributed by atoms with Crippen LogP contribution >= 0.6 is 15.9 Å². The average Bonchev–Trinajstić information content (AvgIpc) is 3.31. The van der Waals surface area contributed by atoms with E-state index < -0.39 is 0 Å². The Balaban J connectivity index is 1.48. The molecule has 0 bridgehead atoms. The number of hydrogen-bond acceptors (Lipinski definition) is 2. The Morgan fingerprint density at radius 2 is 1.76 bits per heavy atom. The Bertz CT molecular complexity index is 1020. The summed E-state index contributed by atoms with van der Waals surface area (Å²) in [6.45, 7) is 1.59. The van der Waals surface area contributed by atoms with Crippen LogP contribution in [0.2, 0.25) is 0 Å². The van der Waals surface area contributed by atoms with E-state index in [2.05, 4.69) is 67.9 Å². The molecule has 2 fully saturated rings. The van der Waals surface area contributed by atoms with Gasteiger partial charge in [0.25, 0.3) is 0 Å². The quantitative estimate of drug-likeness (QED) is 0.525. The van der Waals surface area contributed by atoms with Crippen LogP contribution in [0.3, 0.4) is 0 Å². The number of carbonyl (C=O) groups excluding carboxylic acids is 1. The van der Waals surface area contributed by atoms with Crippen molar-refractivity contribution >= 4 is 32.9 Å².